The van der Waals surface area contributed by atoms with Gasteiger partial charge in [-0.15, -0.1) is 11.3 Å². The highest BCUT2D eigenvalue weighted by Gasteiger charge is 2.40. The van der Waals surface area contributed by atoms with Crippen LogP contribution in [-0.4, -0.2) is 18.8 Å². The molecule has 6 heteroatoms. The molecule has 0 spiro atoms. The summed E-state index contributed by atoms with van der Waals surface area (Å²) < 4.78 is 43.7. The number of rotatable bonds is 1. The van der Waals surface area contributed by atoms with E-state index in [1.807, 2.05) is 6.92 Å². The molecule has 0 fully saturated rings. The van der Waals surface area contributed by atoms with Gasteiger partial charge in [-0.05, 0) is 19.2 Å². The third kappa shape index (κ3) is 2.57. The molecule has 0 radical (unpaired) electrons. The van der Waals surface area contributed by atoms with E-state index in [-0.39, 0.29) is 11.7 Å². The second kappa shape index (κ2) is 4.49. The molecule has 2 rings (SSSR count). The van der Waals surface area contributed by atoms with Gasteiger partial charge in [0.2, 0.25) is 0 Å². The molecule has 0 aromatic carbocycles. The van der Waals surface area contributed by atoms with Gasteiger partial charge in [0.1, 0.15) is 11.9 Å². The number of alkyl halides is 3. The third-order valence-electron chi connectivity index (χ3n) is 2.84. The molecule has 0 amide bonds. The van der Waals surface area contributed by atoms with Crippen LogP contribution in [0.5, 0.6) is 5.75 Å². The van der Waals surface area contributed by atoms with E-state index < -0.39 is 12.1 Å². The van der Waals surface area contributed by atoms with Crippen molar-refractivity contribution in [2.45, 2.75) is 38.6 Å². The van der Waals surface area contributed by atoms with E-state index in [1.165, 1.54) is 18.3 Å². The lowest BCUT2D eigenvalue weighted by molar-refractivity contribution is -0.146. The zero-order chi connectivity index (χ0) is 12.6. The predicted octanol–water partition coefficient (Wildman–Crippen LogP) is 3.28. The standard InChI is InChI=1S/C11H14F3NOS/c1-6-3-15-4-9-10(16-6)8(5-17-9)7(2)11(12,13)14/h5-7,15H,3-4H2,1-2H3/t6-,7?/m0/s1. The highest BCUT2D eigenvalue weighted by atomic mass is 32.1. The zero-order valence-corrected chi connectivity index (χ0v) is 10.4. The molecule has 2 heterocycles. The molecule has 0 bridgehead atoms. The number of fused-ring (bicyclic) bond motifs is 1. The summed E-state index contributed by atoms with van der Waals surface area (Å²) in [6, 6.07) is 0. The maximum Gasteiger partial charge on any atom is 0.395 e. The van der Waals surface area contributed by atoms with Crippen LogP contribution in [-0.2, 0) is 6.54 Å². The van der Waals surface area contributed by atoms with Gasteiger partial charge in [0.15, 0.2) is 0 Å². The van der Waals surface area contributed by atoms with Crippen LogP contribution in [0.15, 0.2) is 5.38 Å². The first-order valence-electron chi connectivity index (χ1n) is 5.44. The summed E-state index contributed by atoms with van der Waals surface area (Å²) in [6.45, 7) is 4.26. The molecule has 0 saturated heterocycles. The third-order valence-corrected chi connectivity index (χ3v) is 3.82. The second-order valence-corrected chi connectivity index (χ2v) is 5.23. The van der Waals surface area contributed by atoms with Gasteiger partial charge in [-0.25, -0.2) is 0 Å². The minimum atomic E-state index is -4.22. The van der Waals surface area contributed by atoms with Crippen molar-refractivity contribution in [2.75, 3.05) is 6.54 Å². The largest absolute Gasteiger partial charge is 0.488 e. The summed E-state index contributed by atoms with van der Waals surface area (Å²) in [5.41, 5.74) is 0.257. The van der Waals surface area contributed by atoms with Crippen molar-refractivity contribution < 1.29 is 17.9 Å². The van der Waals surface area contributed by atoms with Crippen LogP contribution < -0.4 is 10.1 Å². The maximum absolute atomic E-state index is 12.7. The van der Waals surface area contributed by atoms with Crippen LogP contribution in [0.2, 0.25) is 0 Å². The fraction of sp³-hybridized carbons (Fsp3) is 0.636. The molecule has 1 aliphatic heterocycles. The van der Waals surface area contributed by atoms with E-state index in [2.05, 4.69) is 5.32 Å². The van der Waals surface area contributed by atoms with Crippen molar-refractivity contribution in [1.82, 2.24) is 5.32 Å². The van der Waals surface area contributed by atoms with Gasteiger partial charge in [-0.1, -0.05) is 0 Å². The normalized spacial score (nSPS) is 22.5. The lowest BCUT2D eigenvalue weighted by Gasteiger charge is -2.18. The van der Waals surface area contributed by atoms with Crippen molar-refractivity contribution >= 4 is 11.3 Å². The van der Waals surface area contributed by atoms with Crippen molar-refractivity contribution in [1.29, 1.82) is 0 Å². The van der Waals surface area contributed by atoms with E-state index in [4.69, 9.17) is 4.74 Å². The van der Waals surface area contributed by atoms with E-state index in [9.17, 15) is 13.2 Å². The average molecular weight is 265 g/mol. The topological polar surface area (TPSA) is 21.3 Å². The second-order valence-electron chi connectivity index (χ2n) is 4.27. The summed E-state index contributed by atoms with van der Waals surface area (Å²) in [6.07, 6.45) is -4.33. The van der Waals surface area contributed by atoms with Crippen LogP contribution in [0.25, 0.3) is 0 Å². The molecule has 1 aromatic rings. The predicted molar refractivity (Wildman–Crippen MR) is 60.6 cm³/mol. The Bertz CT molecular complexity index is 402. The van der Waals surface area contributed by atoms with Gasteiger partial charge < -0.3 is 10.1 Å². The summed E-state index contributed by atoms with van der Waals surface area (Å²) in [5, 5.41) is 4.71. The molecule has 1 aromatic heterocycles. The highest BCUT2D eigenvalue weighted by Crippen LogP contribution is 2.43. The van der Waals surface area contributed by atoms with Crippen LogP contribution in [0.4, 0.5) is 13.2 Å². The average Bonchev–Trinajstić information content (AvgIpc) is 2.50. The van der Waals surface area contributed by atoms with Crippen molar-refractivity contribution in [3.8, 4) is 5.75 Å². The summed E-state index contributed by atoms with van der Waals surface area (Å²) in [4.78, 5) is 0.848. The van der Waals surface area contributed by atoms with Gasteiger partial charge in [0.25, 0.3) is 0 Å². The number of nitrogens with one attached hydrogen (secondary N) is 1. The number of hydrogen-bond donors (Lipinski definition) is 1. The first kappa shape index (κ1) is 12.7. The SMILES string of the molecule is CC(c1csc2c1O[C@@H](C)CNC2)C(F)(F)F. The van der Waals surface area contributed by atoms with E-state index in [0.29, 0.717) is 18.8 Å². The summed E-state index contributed by atoms with van der Waals surface area (Å²) >= 11 is 1.32. The number of halogens is 3. The summed E-state index contributed by atoms with van der Waals surface area (Å²) in [7, 11) is 0. The van der Waals surface area contributed by atoms with Crippen molar-refractivity contribution in [3.63, 3.8) is 0 Å². The number of ether oxygens (including phenoxy) is 1. The number of hydrogen-bond acceptors (Lipinski definition) is 3. The highest BCUT2D eigenvalue weighted by molar-refractivity contribution is 7.10. The summed E-state index contributed by atoms with van der Waals surface area (Å²) in [5.74, 6) is -1.05. The first-order chi connectivity index (χ1) is 7.89. The Labute approximate surface area is 102 Å². The lowest BCUT2D eigenvalue weighted by Crippen LogP contribution is -2.25. The molecular formula is C11H14F3NOS. The zero-order valence-electron chi connectivity index (χ0n) is 9.60. The van der Waals surface area contributed by atoms with Crippen LogP contribution >= 0.6 is 11.3 Å². The van der Waals surface area contributed by atoms with Crippen LogP contribution in [0.3, 0.4) is 0 Å². The van der Waals surface area contributed by atoms with Crippen LogP contribution in [0, 0.1) is 0 Å². The molecule has 96 valence electrons. The van der Waals surface area contributed by atoms with Gasteiger partial charge >= 0.3 is 6.18 Å². The monoisotopic (exact) mass is 265 g/mol. The maximum atomic E-state index is 12.7. The van der Waals surface area contributed by atoms with Gasteiger partial charge in [-0.2, -0.15) is 13.2 Å². The molecule has 17 heavy (non-hydrogen) atoms. The molecule has 1 N–H and O–H groups in total. The molecule has 2 atom stereocenters. The molecule has 1 aliphatic rings. The smallest absolute Gasteiger partial charge is 0.395 e. The molecule has 0 aliphatic carbocycles. The van der Waals surface area contributed by atoms with Crippen LogP contribution in [0.1, 0.15) is 30.2 Å². The minimum absolute atomic E-state index is 0.106. The molecule has 0 saturated carbocycles. The quantitative estimate of drug-likeness (QED) is 0.841. The van der Waals surface area contributed by atoms with Gasteiger partial charge in [0, 0.05) is 18.7 Å². The van der Waals surface area contributed by atoms with Gasteiger partial charge in [-0.3, -0.25) is 0 Å². The Kier molecular flexibility index (Phi) is 3.36. The lowest BCUT2D eigenvalue weighted by atomic mass is 10.0. The van der Waals surface area contributed by atoms with E-state index >= 15 is 0 Å². The minimum Gasteiger partial charge on any atom is -0.488 e. The van der Waals surface area contributed by atoms with Crippen molar-refractivity contribution in [2.24, 2.45) is 0 Å². The fourth-order valence-electron chi connectivity index (χ4n) is 1.77. The Morgan fingerprint density at radius 1 is 1.53 bits per heavy atom. The van der Waals surface area contributed by atoms with Gasteiger partial charge in [0.05, 0.1) is 10.8 Å². The molecule has 2 nitrogen and oxygen atoms in total. The van der Waals surface area contributed by atoms with E-state index in [1.54, 1.807) is 5.38 Å². The Morgan fingerprint density at radius 2 is 2.24 bits per heavy atom. The first-order valence-corrected chi connectivity index (χ1v) is 6.32. The van der Waals surface area contributed by atoms with Crippen molar-refractivity contribution in [3.05, 3.63) is 15.8 Å². The molecular weight excluding hydrogens is 251 g/mol. The Morgan fingerprint density at radius 3 is 2.88 bits per heavy atom. The Hall–Kier alpha value is -0.750. The Balaban J connectivity index is 2.34. The van der Waals surface area contributed by atoms with E-state index in [0.717, 1.165) is 4.88 Å². The fourth-order valence-corrected chi connectivity index (χ4v) is 2.80. The number of thiophene rings is 1. The molecule has 1 unspecified atom stereocenters.